The molecule has 0 aliphatic carbocycles. The van der Waals surface area contributed by atoms with Crippen molar-refractivity contribution in [3.63, 3.8) is 0 Å². The Hall–Kier alpha value is -2.51. The minimum Gasteiger partial charge on any atom is -0.479 e. The van der Waals surface area contributed by atoms with Gasteiger partial charge in [0.05, 0.1) is 6.04 Å². The summed E-state index contributed by atoms with van der Waals surface area (Å²) in [5, 5.41) is 28.6. The van der Waals surface area contributed by atoms with Crippen molar-refractivity contribution in [2.45, 2.75) is 18.6 Å². The fraction of sp³-hybridized carbons (Fsp3) is 0.200. The van der Waals surface area contributed by atoms with Crippen molar-refractivity contribution >= 4 is 23.5 Å². The molecule has 8 heteroatoms. The summed E-state index contributed by atoms with van der Waals surface area (Å²) in [6.45, 7) is 0. The number of aliphatic carboxylic acids is 1. The van der Waals surface area contributed by atoms with Gasteiger partial charge in [-0.05, 0) is 24.1 Å². The molecule has 2 aromatic rings. The molecule has 120 valence electrons. The number of carboxylic acid groups (broad SMARTS) is 1. The third kappa shape index (κ3) is 4.73. The molecule has 1 amide bonds. The third-order valence-corrected chi connectivity index (χ3v) is 3.32. The number of rotatable bonds is 6. The van der Waals surface area contributed by atoms with E-state index in [9.17, 15) is 14.7 Å². The van der Waals surface area contributed by atoms with E-state index in [1.807, 2.05) is 6.07 Å². The molecule has 0 aliphatic rings. The van der Waals surface area contributed by atoms with Crippen LogP contribution in [0.1, 0.15) is 16.1 Å². The van der Waals surface area contributed by atoms with E-state index in [4.69, 9.17) is 16.7 Å². The minimum absolute atomic E-state index is 0.0231. The number of aliphatic hydroxyl groups excluding tert-OH is 1. The average molecular weight is 336 g/mol. The predicted octanol–water partition coefficient (Wildman–Crippen LogP) is 0.917. The van der Waals surface area contributed by atoms with Gasteiger partial charge in [-0.1, -0.05) is 41.9 Å². The van der Waals surface area contributed by atoms with E-state index in [0.29, 0.717) is 0 Å². The van der Waals surface area contributed by atoms with Crippen LogP contribution < -0.4 is 5.32 Å². The number of carbonyl (C=O) groups excluding carboxylic acids is 1. The maximum Gasteiger partial charge on any atom is 0.334 e. The van der Waals surface area contributed by atoms with E-state index >= 15 is 0 Å². The summed E-state index contributed by atoms with van der Waals surface area (Å²) >= 11 is 5.60. The van der Waals surface area contributed by atoms with Crippen LogP contribution >= 0.6 is 11.6 Å². The van der Waals surface area contributed by atoms with Crippen LogP contribution in [0.25, 0.3) is 0 Å². The number of benzene rings is 1. The van der Waals surface area contributed by atoms with E-state index in [1.165, 1.54) is 12.1 Å². The van der Waals surface area contributed by atoms with Crippen molar-refractivity contribution in [2.75, 3.05) is 0 Å². The molecule has 1 aromatic carbocycles. The fourth-order valence-electron chi connectivity index (χ4n) is 1.96. The van der Waals surface area contributed by atoms with Gasteiger partial charge in [0.25, 0.3) is 5.91 Å². The number of aromatic nitrogens is 2. The number of hydrogen-bond donors (Lipinski definition) is 3. The molecule has 0 saturated carbocycles. The number of nitrogens with one attached hydrogen (secondary N) is 1. The van der Waals surface area contributed by atoms with Crippen LogP contribution in [0.3, 0.4) is 0 Å². The number of carbonyl (C=O) groups is 2. The minimum atomic E-state index is -1.75. The smallest absolute Gasteiger partial charge is 0.334 e. The van der Waals surface area contributed by atoms with Gasteiger partial charge >= 0.3 is 5.97 Å². The van der Waals surface area contributed by atoms with E-state index in [0.717, 1.165) is 5.56 Å². The Morgan fingerprint density at radius 1 is 1.13 bits per heavy atom. The molecule has 0 aliphatic heterocycles. The number of halogens is 1. The summed E-state index contributed by atoms with van der Waals surface area (Å²) in [5.41, 5.74) is 0.755. The second kappa shape index (κ2) is 7.66. The van der Waals surface area contributed by atoms with Crippen molar-refractivity contribution in [3.05, 3.63) is 58.9 Å². The SMILES string of the molecule is O=C(N[C@H](Cc1ccccc1)[C@@H](O)C(=O)O)c1ccc(Cl)nn1. The lowest BCUT2D eigenvalue weighted by molar-refractivity contribution is -0.148. The van der Waals surface area contributed by atoms with Gasteiger partial charge in [0.1, 0.15) is 0 Å². The van der Waals surface area contributed by atoms with Crippen molar-refractivity contribution in [1.29, 1.82) is 0 Å². The number of aliphatic hydroxyl groups is 1. The third-order valence-electron chi connectivity index (χ3n) is 3.11. The highest BCUT2D eigenvalue weighted by Gasteiger charge is 2.28. The molecule has 23 heavy (non-hydrogen) atoms. The second-order valence-corrected chi connectivity index (χ2v) is 5.18. The summed E-state index contributed by atoms with van der Waals surface area (Å²) in [5.74, 6) is -2.07. The fourth-order valence-corrected chi connectivity index (χ4v) is 2.06. The summed E-state index contributed by atoms with van der Waals surface area (Å²) in [4.78, 5) is 23.2. The zero-order chi connectivity index (χ0) is 16.8. The second-order valence-electron chi connectivity index (χ2n) is 4.79. The largest absolute Gasteiger partial charge is 0.479 e. The first kappa shape index (κ1) is 16.9. The number of amides is 1. The number of nitrogens with zero attached hydrogens (tertiary/aromatic N) is 2. The quantitative estimate of drug-likeness (QED) is 0.723. The lowest BCUT2D eigenvalue weighted by atomic mass is 10.0. The van der Waals surface area contributed by atoms with Gasteiger partial charge < -0.3 is 15.5 Å². The lowest BCUT2D eigenvalue weighted by Crippen LogP contribution is -2.48. The van der Waals surface area contributed by atoms with Crippen LogP contribution in [0.5, 0.6) is 0 Å². The van der Waals surface area contributed by atoms with Gasteiger partial charge in [0.2, 0.25) is 0 Å². The Bertz CT molecular complexity index is 679. The van der Waals surface area contributed by atoms with Crippen LogP contribution in [0.4, 0.5) is 0 Å². The van der Waals surface area contributed by atoms with Crippen molar-refractivity contribution in [1.82, 2.24) is 15.5 Å². The summed E-state index contributed by atoms with van der Waals surface area (Å²) in [7, 11) is 0. The van der Waals surface area contributed by atoms with E-state index in [-0.39, 0.29) is 17.3 Å². The van der Waals surface area contributed by atoms with Gasteiger partial charge in [-0.25, -0.2) is 4.79 Å². The first-order chi connectivity index (χ1) is 11.0. The molecular formula is C15H14ClN3O4. The average Bonchev–Trinajstić information content (AvgIpc) is 2.55. The standard InChI is InChI=1S/C15H14ClN3O4/c16-12-7-6-10(18-19-12)14(21)17-11(13(20)15(22)23)8-9-4-2-1-3-5-9/h1-7,11,13,20H,8H2,(H,17,21)(H,22,23)/t11-,13-/m1/s1. The normalized spacial score (nSPS) is 13.1. The van der Waals surface area contributed by atoms with E-state index in [1.54, 1.807) is 24.3 Å². The zero-order valence-electron chi connectivity index (χ0n) is 11.9. The molecule has 0 radical (unpaired) electrons. The topological polar surface area (TPSA) is 112 Å². The van der Waals surface area contributed by atoms with Gasteiger partial charge in [0.15, 0.2) is 17.0 Å². The molecule has 0 spiro atoms. The molecule has 1 heterocycles. The van der Waals surface area contributed by atoms with Crippen LogP contribution in [-0.4, -0.2) is 44.4 Å². The highest BCUT2D eigenvalue weighted by molar-refractivity contribution is 6.29. The molecule has 2 atom stereocenters. The Balaban J connectivity index is 2.15. The Labute approximate surface area is 136 Å². The predicted molar refractivity (Wildman–Crippen MR) is 82.1 cm³/mol. The molecule has 0 unspecified atom stereocenters. The molecule has 0 saturated heterocycles. The Kier molecular flexibility index (Phi) is 5.61. The van der Waals surface area contributed by atoms with Gasteiger partial charge in [-0.15, -0.1) is 10.2 Å². The highest BCUT2D eigenvalue weighted by atomic mass is 35.5. The molecule has 2 rings (SSSR count). The first-order valence-corrected chi connectivity index (χ1v) is 7.10. The zero-order valence-corrected chi connectivity index (χ0v) is 12.6. The van der Waals surface area contributed by atoms with E-state index in [2.05, 4.69) is 15.5 Å². The molecule has 1 aromatic heterocycles. The lowest BCUT2D eigenvalue weighted by Gasteiger charge is -2.21. The van der Waals surface area contributed by atoms with Crippen LogP contribution in [0.2, 0.25) is 5.15 Å². The van der Waals surface area contributed by atoms with Crippen LogP contribution in [0, 0.1) is 0 Å². The molecule has 0 bridgehead atoms. The monoisotopic (exact) mass is 335 g/mol. The number of hydrogen-bond acceptors (Lipinski definition) is 5. The number of carboxylic acids is 1. The highest BCUT2D eigenvalue weighted by Crippen LogP contribution is 2.08. The van der Waals surface area contributed by atoms with Crippen LogP contribution in [0.15, 0.2) is 42.5 Å². The Morgan fingerprint density at radius 3 is 2.39 bits per heavy atom. The van der Waals surface area contributed by atoms with Crippen molar-refractivity contribution in [2.24, 2.45) is 0 Å². The van der Waals surface area contributed by atoms with Gasteiger partial charge in [0, 0.05) is 0 Å². The van der Waals surface area contributed by atoms with Crippen molar-refractivity contribution < 1.29 is 19.8 Å². The molecule has 0 fully saturated rings. The first-order valence-electron chi connectivity index (χ1n) is 6.72. The molecule has 7 nitrogen and oxygen atoms in total. The van der Waals surface area contributed by atoms with E-state index < -0.39 is 24.0 Å². The Morgan fingerprint density at radius 2 is 1.83 bits per heavy atom. The van der Waals surface area contributed by atoms with Crippen LogP contribution in [-0.2, 0) is 11.2 Å². The van der Waals surface area contributed by atoms with Gasteiger partial charge in [-0.2, -0.15) is 0 Å². The van der Waals surface area contributed by atoms with Crippen molar-refractivity contribution in [3.8, 4) is 0 Å². The maximum absolute atomic E-state index is 12.1. The summed E-state index contributed by atoms with van der Waals surface area (Å²) in [6.07, 6.45) is -1.60. The van der Waals surface area contributed by atoms with Gasteiger partial charge in [-0.3, -0.25) is 4.79 Å². The molecule has 3 N–H and O–H groups in total. The maximum atomic E-state index is 12.1. The molecular weight excluding hydrogens is 322 g/mol. The summed E-state index contributed by atoms with van der Waals surface area (Å²) in [6, 6.07) is 10.7. The summed E-state index contributed by atoms with van der Waals surface area (Å²) < 4.78 is 0.